The molecule has 2 saturated heterocycles. The summed E-state index contributed by atoms with van der Waals surface area (Å²) in [6.07, 6.45) is -3.03. The zero-order chi connectivity index (χ0) is 14.3. The minimum atomic E-state index is -4.13. The molecule has 0 aromatic heterocycles. The molecule has 118 valence electrons. The topological polar surface area (TPSA) is 23.6 Å². The number of alkyl halides is 3. The van der Waals surface area contributed by atoms with Crippen molar-refractivity contribution >= 4 is 18.3 Å². The highest BCUT2D eigenvalue weighted by Gasteiger charge is 2.55. The second kappa shape index (κ2) is 6.10. The molecule has 0 N–H and O–H groups in total. The Morgan fingerprint density at radius 1 is 1.20 bits per heavy atom. The maximum atomic E-state index is 13.3. The van der Waals surface area contributed by atoms with E-state index in [0.717, 1.165) is 0 Å². The SMILES string of the molecule is CC(=O)N1CCC2(CC1)CN(C)CC[C@H]2C(F)(F)F.Cl. The Morgan fingerprint density at radius 3 is 2.20 bits per heavy atom. The highest BCUT2D eigenvalue weighted by molar-refractivity contribution is 5.85. The summed E-state index contributed by atoms with van der Waals surface area (Å²) < 4.78 is 39.8. The fraction of sp³-hybridized carbons (Fsp3) is 0.923. The molecule has 0 aromatic carbocycles. The molecular formula is C13H22ClF3N2O. The standard InChI is InChI=1S/C13H21F3N2O.ClH/c1-10(19)18-7-4-12(5-8-18)9-17(2)6-3-11(12)13(14,15)16;/h11H,3-9H2,1-2H3;1H/t11-;/m1./s1. The zero-order valence-corrected chi connectivity index (χ0v) is 12.7. The van der Waals surface area contributed by atoms with E-state index in [-0.39, 0.29) is 24.7 Å². The Balaban J connectivity index is 0.00000200. The molecule has 3 nitrogen and oxygen atoms in total. The zero-order valence-electron chi connectivity index (χ0n) is 11.9. The summed E-state index contributed by atoms with van der Waals surface area (Å²) in [5.74, 6) is -1.26. The molecule has 2 heterocycles. The van der Waals surface area contributed by atoms with Gasteiger partial charge in [0.25, 0.3) is 0 Å². The maximum absolute atomic E-state index is 13.3. The summed E-state index contributed by atoms with van der Waals surface area (Å²) in [4.78, 5) is 15.0. The van der Waals surface area contributed by atoms with E-state index in [4.69, 9.17) is 0 Å². The first-order valence-corrected chi connectivity index (χ1v) is 6.75. The van der Waals surface area contributed by atoms with Crippen molar-refractivity contribution in [3.8, 4) is 0 Å². The van der Waals surface area contributed by atoms with E-state index in [2.05, 4.69) is 0 Å². The van der Waals surface area contributed by atoms with Gasteiger partial charge in [-0.3, -0.25) is 4.79 Å². The van der Waals surface area contributed by atoms with Gasteiger partial charge < -0.3 is 9.80 Å². The van der Waals surface area contributed by atoms with Crippen LogP contribution in [0.25, 0.3) is 0 Å². The smallest absolute Gasteiger partial charge is 0.343 e. The molecule has 0 aromatic rings. The van der Waals surface area contributed by atoms with Crippen LogP contribution in [-0.2, 0) is 4.79 Å². The first-order chi connectivity index (χ1) is 8.74. The molecule has 0 aliphatic carbocycles. The van der Waals surface area contributed by atoms with Gasteiger partial charge in [0.2, 0.25) is 5.91 Å². The second-order valence-corrected chi connectivity index (χ2v) is 5.99. The van der Waals surface area contributed by atoms with E-state index in [0.29, 0.717) is 39.0 Å². The number of hydrogen-bond acceptors (Lipinski definition) is 2. The molecule has 1 amide bonds. The van der Waals surface area contributed by atoms with Crippen LogP contribution >= 0.6 is 12.4 Å². The van der Waals surface area contributed by atoms with Crippen LogP contribution < -0.4 is 0 Å². The molecule has 20 heavy (non-hydrogen) atoms. The molecule has 7 heteroatoms. The molecule has 1 atom stereocenters. The van der Waals surface area contributed by atoms with Gasteiger partial charge in [0.1, 0.15) is 0 Å². The third-order valence-electron chi connectivity index (χ3n) is 4.72. The molecule has 0 saturated carbocycles. The molecule has 0 unspecified atom stereocenters. The van der Waals surface area contributed by atoms with Crippen molar-refractivity contribution in [2.24, 2.45) is 11.3 Å². The molecule has 2 aliphatic rings. The van der Waals surface area contributed by atoms with Crippen molar-refractivity contribution in [3.05, 3.63) is 0 Å². The maximum Gasteiger partial charge on any atom is 0.392 e. The van der Waals surface area contributed by atoms with Gasteiger partial charge in [-0.25, -0.2) is 0 Å². The second-order valence-electron chi connectivity index (χ2n) is 5.99. The average molecular weight is 315 g/mol. The van der Waals surface area contributed by atoms with Gasteiger partial charge >= 0.3 is 6.18 Å². The van der Waals surface area contributed by atoms with E-state index in [1.807, 2.05) is 11.9 Å². The fourth-order valence-corrected chi connectivity index (χ4v) is 3.67. The predicted octanol–water partition coefficient (Wildman–Crippen LogP) is 2.55. The molecule has 1 spiro atoms. The van der Waals surface area contributed by atoms with E-state index < -0.39 is 17.5 Å². The third kappa shape index (κ3) is 3.39. The van der Waals surface area contributed by atoms with Gasteiger partial charge in [-0.15, -0.1) is 12.4 Å². The van der Waals surface area contributed by atoms with Crippen LogP contribution in [-0.4, -0.2) is 55.1 Å². The van der Waals surface area contributed by atoms with Crippen molar-refractivity contribution in [2.45, 2.75) is 32.4 Å². The van der Waals surface area contributed by atoms with E-state index >= 15 is 0 Å². The molecule has 0 bridgehead atoms. The van der Waals surface area contributed by atoms with Gasteiger partial charge in [-0.2, -0.15) is 13.2 Å². The minimum absolute atomic E-state index is 0. The number of likely N-dealkylation sites (tertiary alicyclic amines) is 2. The lowest BCUT2D eigenvalue weighted by Gasteiger charge is -2.51. The number of amides is 1. The highest BCUT2D eigenvalue weighted by Crippen LogP contribution is 2.50. The summed E-state index contributed by atoms with van der Waals surface area (Å²) in [5, 5.41) is 0. The lowest BCUT2D eigenvalue weighted by atomic mass is 9.65. The fourth-order valence-electron chi connectivity index (χ4n) is 3.67. The summed E-state index contributed by atoms with van der Waals surface area (Å²) in [6.45, 7) is 3.38. The molecule has 0 radical (unpaired) electrons. The first-order valence-electron chi connectivity index (χ1n) is 6.75. The predicted molar refractivity (Wildman–Crippen MR) is 72.8 cm³/mol. The minimum Gasteiger partial charge on any atom is -0.343 e. The van der Waals surface area contributed by atoms with E-state index in [1.165, 1.54) is 6.92 Å². The number of rotatable bonds is 0. The molecular weight excluding hydrogens is 293 g/mol. The van der Waals surface area contributed by atoms with Crippen LogP contribution in [0.4, 0.5) is 13.2 Å². The van der Waals surface area contributed by atoms with Gasteiger partial charge in [-0.1, -0.05) is 0 Å². The number of carbonyl (C=O) groups is 1. The summed E-state index contributed by atoms with van der Waals surface area (Å²) in [6, 6.07) is 0. The Kier molecular flexibility index (Phi) is 5.35. The number of hydrogen-bond donors (Lipinski definition) is 0. The molecule has 2 aliphatic heterocycles. The van der Waals surface area contributed by atoms with Crippen molar-refractivity contribution in [3.63, 3.8) is 0 Å². The summed E-state index contributed by atoms with van der Waals surface area (Å²) in [7, 11) is 1.88. The number of piperidine rings is 2. The van der Waals surface area contributed by atoms with Gasteiger partial charge in [-0.05, 0) is 38.3 Å². The Bertz CT molecular complexity index is 354. The lowest BCUT2D eigenvalue weighted by Crippen LogP contribution is -2.57. The van der Waals surface area contributed by atoms with Crippen LogP contribution in [0, 0.1) is 11.3 Å². The molecule has 2 fully saturated rings. The largest absolute Gasteiger partial charge is 0.392 e. The quantitative estimate of drug-likeness (QED) is 0.686. The van der Waals surface area contributed by atoms with E-state index in [1.54, 1.807) is 4.90 Å². The van der Waals surface area contributed by atoms with E-state index in [9.17, 15) is 18.0 Å². The van der Waals surface area contributed by atoms with Crippen LogP contribution in [0.1, 0.15) is 26.2 Å². The number of halogens is 4. The lowest BCUT2D eigenvalue weighted by molar-refractivity contribution is -0.229. The van der Waals surface area contributed by atoms with Crippen molar-refractivity contribution in [1.82, 2.24) is 9.80 Å². The van der Waals surface area contributed by atoms with Gasteiger partial charge in [0.15, 0.2) is 0 Å². The average Bonchev–Trinajstić information content (AvgIpc) is 2.27. The number of carbonyl (C=O) groups excluding carboxylic acids is 1. The van der Waals surface area contributed by atoms with Crippen LogP contribution in [0.3, 0.4) is 0 Å². The van der Waals surface area contributed by atoms with Crippen LogP contribution in [0.5, 0.6) is 0 Å². The van der Waals surface area contributed by atoms with Crippen molar-refractivity contribution in [1.29, 1.82) is 0 Å². The highest BCUT2D eigenvalue weighted by atomic mass is 35.5. The Morgan fingerprint density at radius 2 is 1.75 bits per heavy atom. The first kappa shape index (κ1) is 17.6. The normalized spacial score (nSPS) is 27.2. The number of nitrogens with zero attached hydrogens (tertiary/aromatic N) is 2. The Labute approximate surface area is 123 Å². The van der Waals surface area contributed by atoms with Gasteiger partial charge in [0, 0.05) is 26.6 Å². The van der Waals surface area contributed by atoms with Crippen molar-refractivity contribution < 1.29 is 18.0 Å². The third-order valence-corrected chi connectivity index (χ3v) is 4.72. The monoisotopic (exact) mass is 314 g/mol. The summed E-state index contributed by atoms with van der Waals surface area (Å²) >= 11 is 0. The van der Waals surface area contributed by atoms with Gasteiger partial charge in [0.05, 0.1) is 5.92 Å². The van der Waals surface area contributed by atoms with Crippen LogP contribution in [0.15, 0.2) is 0 Å². The summed E-state index contributed by atoms with van der Waals surface area (Å²) in [5.41, 5.74) is -0.697. The van der Waals surface area contributed by atoms with Crippen molar-refractivity contribution in [2.75, 3.05) is 33.2 Å². The molecule has 2 rings (SSSR count). The Hall–Kier alpha value is -0.490. The van der Waals surface area contributed by atoms with Crippen LogP contribution in [0.2, 0.25) is 0 Å².